The number of rotatable bonds is 6. The van der Waals surface area contributed by atoms with Gasteiger partial charge >= 0.3 is 0 Å². The van der Waals surface area contributed by atoms with Crippen LogP contribution in [0.25, 0.3) is 0 Å². The smallest absolute Gasteiger partial charge is 0.178 e. The zero-order chi connectivity index (χ0) is 7.82. The van der Waals surface area contributed by atoms with Crippen molar-refractivity contribution in [3.63, 3.8) is 0 Å². The standard InChI is InChI=1S/C6H14O4/c1-2-9-5-6(8)10-4-3-7/h6-8H,2-5H2,1H3. The highest BCUT2D eigenvalue weighted by molar-refractivity contribution is 4.36. The van der Waals surface area contributed by atoms with Crippen LogP contribution in [-0.2, 0) is 9.47 Å². The maximum atomic E-state index is 8.85. The van der Waals surface area contributed by atoms with Gasteiger partial charge in [-0.2, -0.15) is 0 Å². The fourth-order valence-corrected chi connectivity index (χ4v) is 0.456. The molecule has 0 amide bonds. The summed E-state index contributed by atoms with van der Waals surface area (Å²) in [4.78, 5) is 0. The minimum Gasteiger partial charge on any atom is -0.394 e. The molecular formula is C6H14O4. The molecule has 0 heterocycles. The number of aliphatic hydroxyl groups excluding tert-OH is 2. The molecule has 0 radical (unpaired) electrons. The first-order chi connectivity index (χ1) is 4.81. The second kappa shape index (κ2) is 6.95. The Hall–Kier alpha value is -0.160. The Kier molecular flexibility index (Phi) is 6.84. The van der Waals surface area contributed by atoms with Crippen molar-refractivity contribution in [2.24, 2.45) is 0 Å². The molecule has 0 aliphatic carbocycles. The van der Waals surface area contributed by atoms with Crippen LogP contribution in [-0.4, -0.2) is 42.9 Å². The van der Waals surface area contributed by atoms with E-state index in [1.165, 1.54) is 0 Å². The molecule has 0 aliphatic rings. The van der Waals surface area contributed by atoms with Crippen molar-refractivity contribution in [2.75, 3.05) is 26.4 Å². The quantitative estimate of drug-likeness (QED) is 0.494. The highest BCUT2D eigenvalue weighted by Crippen LogP contribution is 1.87. The van der Waals surface area contributed by atoms with Crippen molar-refractivity contribution in [3.05, 3.63) is 0 Å². The van der Waals surface area contributed by atoms with E-state index in [1.807, 2.05) is 6.92 Å². The Morgan fingerprint density at radius 1 is 1.50 bits per heavy atom. The third kappa shape index (κ3) is 5.97. The van der Waals surface area contributed by atoms with Gasteiger partial charge < -0.3 is 19.7 Å². The van der Waals surface area contributed by atoms with Gasteiger partial charge in [0, 0.05) is 6.61 Å². The SMILES string of the molecule is CCOCC(O)OCCO. The second-order valence-electron chi connectivity index (χ2n) is 1.71. The van der Waals surface area contributed by atoms with Crippen LogP contribution in [0.4, 0.5) is 0 Å². The summed E-state index contributed by atoms with van der Waals surface area (Å²) in [5.74, 6) is 0. The average molecular weight is 150 g/mol. The van der Waals surface area contributed by atoms with Crippen molar-refractivity contribution >= 4 is 0 Å². The Bertz CT molecular complexity index is 58.8. The van der Waals surface area contributed by atoms with Gasteiger partial charge in [0.1, 0.15) is 0 Å². The van der Waals surface area contributed by atoms with Gasteiger partial charge in [0.05, 0.1) is 19.8 Å². The van der Waals surface area contributed by atoms with E-state index in [1.54, 1.807) is 0 Å². The first-order valence-corrected chi connectivity index (χ1v) is 3.29. The molecule has 2 N–H and O–H groups in total. The molecule has 4 heteroatoms. The van der Waals surface area contributed by atoms with Gasteiger partial charge in [-0.15, -0.1) is 0 Å². The Morgan fingerprint density at radius 3 is 2.70 bits per heavy atom. The highest BCUT2D eigenvalue weighted by atomic mass is 16.6. The van der Waals surface area contributed by atoms with Gasteiger partial charge in [-0.1, -0.05) is 0 Å². The number of aliphatic hydroxyl groups is 2. The summed E-state index contributed by atoms with van der Waals surface area (Å²) in [6.45, 7) is 2.62. The summed E-state index contributed by atoms with van der Waals surface area (Å²) in [7, 11) is 0. The Labute approximate surface area is 60.4 Å². The molecular weight excluding hydrogens is 136 g/mol. The monoisotopic (exact) mass is 150 g/mol. The van der Waals surface area contributed by atoms with Crippen LogP contribution < -0.4 is 0 Å². The first-order valence-electron chi connectivity index (χ1n) is 3.29. The van der Waals surface area contributed by atoms with E-state index in [0.29, 0.717) is 6.61 Å². The maximum absolute atomic E-state index is 8.85. The first kappa shape index (κ1) is 9.84. The predicted octanol–water partition coefficient (Wildman–Crippen LogP) is -0.650. The van der Waals surface area contributed by atoms with Crippen LogP contribution in [0.5, 0.6) is 0 Å². The molecule has 0 rings (SSSR count). The lowest BCUT2D eigenvalue weighted by atomic mass is 10.6. The van der Waals surface area contributed by atoms with E-state index >= 15 is 0 Å². The molecule has 4 nitrogen and oxygen atoms in total. The van der Waals surface area contributed by atoms with Gasteiger partial charge in [-0.25, -0.2) is 0 Å². The summed E-state index contributed by atoms with van der Waals surface area (Å²) >= 11 is 0. The average Bonchev–Trinajstić information content (AvgIpc) is 1.97. The molecule has 0 aromatic carbocycles. The number of hydrogen-bond donors (Lipinski definition) is 2. The van der Waals surface area contributed by atoms with Gasteiger partial charge in [-0.05, 0) is 6.92 Å². The fraction of sp³-hybridized carbons (Fsp3) is 1.00. The molecule has 1 unspecified atom stereocenters. The number of hydrogen-bond acceptors (Lipinski definition) is 4. The van der Waals surface area contributed by atoms with Gasteiger partial charge in [0.15, 0.2) is 6.29 Å². The molecule has 0 bridgehead atoms. The van der Waals surface area contributed by atoms with Crippen molar-refractivity contribution in [1.82, 2.24) is 0 Å². The summed E-state index contributed by atoms with van der Waals surface area (Å²) in [5.41, 5.74) is 0. The lowest BCUT2D eigenvalue weighted by Crippen LogP contribution is -2.20. The van der Waals surface area contributed by atoms with Crippen LogP contribution in [0.15, 0.2) is 0 Å². The van der Waals surface area contributed by atoms with Crippen molar-refractivity contribution in [1.29, 1.82) is 0 Å². The summed E-state index contributed by atoms with van der Waals surface area (Å²) in [6.07, 6.45) is -0.910. The van der Waals surface area contributed by atoms with Crippen LogP contribution in [0.3, 0.4) is 0 Å². The van der Waals surface area contributed by atoms with Gasteiger partial charge in [-0.3, -0.25) is 0 Å². The summed E-state index contributed by atoms with van der Waals surface area (Å²) < 4.78 is 9.51. The minimum absolute atomic E-state index is 0.0802. The van der Waals surface area contributed by atoms with Crippen LogP contribution in [0.1, 0.15) is 6.92 Å². The molecule has 1 atom stereocenters. The molecule has 10 heavy (non-hydrogen) atoms. The van der Waals surface area contributed by atoms with Gasteiger partial charge in [0.2, 0.25) is 0 Å². The lowest BCUT2D eigenvalue weighted by Gasteiger charge is -2.09. The normalized spacial score (nSPS) is 13.5. The van der Waals surface area contributed by atoms with E-state index in [2.05, 4.69) is 4.74 Å². The molecule has 62 valence electrons. The molecule has 0 fully saturated rings. The molecule has 0 aromatic rings. The molecule has 0 spiro atoms. The van der Waals surface area contributed by atoms with E-state index < -0.39 is 6.29 Å². The topological polar surface area (TPSA) is 58.9 Å². The van der Waals surface area contributed by atoms with E-state index in [9.17, 15) is 0 Å². The van der Waals surface area contributed by atoms with Crippen LogP contribution >= 0.6 is 0 Å². The zero-order valence-corrected chi connectivity index (χ0v) is 6.12. The number of ether oxygens (including phenoxy) is 2. The second-order valence-corrected chi connectivity index (χ2v) is 1.71. The highest BCUT2D eigenvalue weighted by Gasteiger charge is 2.01. The minimum atomic E-state index is -0.910. The summed E-state index contributed by atoms with van der Waals surface area (Å²) in [6, 6.07) is 0. The molecule has 0 aromatic heterocycles. The van der Waals surface area contributed by atoms with Crippen molar-refractivity contribution in [2.45, 2.75) is 13.2 Å². The molecule has 0 saturated heterocycles. The third-order valence-corrected chi connectivity index (χ3v) is 0.866. The van der Waals surface area contributed by atoms with E-state index in [-0.39, 0.29) is 19.8 Å². The van der Waals surface area contributed by atoms with E-state index in [0.717, 1.165) is 0 Å². The maximum Gasteiger partial charge on any atom is 0.178 e. The van der Waals surface area contributed by atoms with E-state index in [4.69, 9.17) is 14.9 Å². The zero-order valence-electron chi connectivity index (χ0n) is 6.12. The van der Waals surface area contributed by atoms with Crippen molar-refractivity contribution < 1.29 is 19.7 Å². The fourth-order valence-electron chi connectivity index (χ4n) is 0.456. The third-order valence-electron chi connectivity index (χ3n) is 0.866. The van der Waals surface area contributed by atoms with Gasteiger partial charge in [0.25, 0.3) is 0 Å². The Morgan fingerprint density at radius 2 is 2.20 bits per heavy atom. The van der Waals surface area contributed by atoms with Crippen LogP contribution in [0.2, 0.25) is 0 Å². The van der Waals surface area contributed by atoms with Crippen molar-refractivity contribution in [3.8, 4) is 0 Å². The largest absolute Gasteiger partial charge is 0.394 e. The summed E-state index contributed by atoms with van der Waals surface area (Å²) in [5, 5.41) is 17.1. The molecule has 0 saturated carbocycles. The lowest BCUT2D eigenvalue weighted by molar-refractivity contribution is -0.141. The molecule has 0 aliphatic heterocycles. The Balaban J connectivity index is 3.00. The predicted molar refractivity (Wildman–Crippen MR) is 35.5 cm³/mol. The van der Waals surface area contributed by atoms with Crippen LogP contribution in [0, 0.1) is 0 Å².